The minimum atomic E-state index is -1.28. The lowest BCUT2D eigenvalue weighted by Gasteiger charge is -2.36. The van der Waals surface area contributed by atoms with E-state index in [1.165, 1.54) is 6.07 Å². The minimum Gasteiger partial charge on any atom is -0.491 e. The van der Waals surface area contributed by atoms with E-state index < -0.39 is 23.5 Å². The van der Waals surface area contributed by atoms with Gasteiger partial charge in [0.05, 0.1) is 18.3 Å². The van der Waals surface area contributed by atoms with Gasteiger partial charge in [0.15, 0.2) is 17.7 Å². The molecule has 8 heteroatoms. The first-order valence-electron chi connectivity index (χ1n) is 15.7. The molecular weight excluding hydrogens is 573 g/mol. The number of carboxylic acid groups (broad SMARTS) is 1. The highest BCUT2D eigenvalue weighted by Crippen LogP contribution is 2.46. The molecule has 240 valence electrons. The number of hydrogen-bond acceptors (Lipinski definition) is 5. The maximum absolute atomic E-state index is 15.7. The molecule has 0 saturated carbocycles. The number of hydrogen-bond donors (Lipinski definition) is 1. The fourth-order valence-corrected chi connectivity index (χ4v) is 6.73. The van der Waals surface area contributed by atoms with E-state index in [1.807, 2.05) is 72.4 Å². The largest absolute Gasteiger partial charge is 0.491 e. The smallest absolute Gasteiger partial charge is 0.337 e. The van der Waals surface area contributed by atoms with Gasteiger partial charge in [0.25, 0.3) is 5.91 Å². The Morgan fingerprint density at radius 3 is 2.40 bits per heavy atom. The number of rotatable bonds is 7. The van der Waals surface area contributed by atoms with Gasteiger partial charge < -0.3 is 24.2 Å². The number of fused-ring (bicyclic) bond motifs is 2. The second-order valence-electron chi connectivity index (χ2n) is 13.4. The normalized spacial score (nSPS) is 15.3. The third-order valence-corrected chi connectivity index (χ3v) is 8.70. The van der Waals surface area contributed by atoms with Gasteiger partial charge >= 0.3 is 5.97 Å². The number of carboxylic acids is 1. The van der Waals surface area contributed by atoms with Crippen LogP contribution in [-0.4, -0.2) is 46.7 Å². The standard InChI is InChI=1S/C37H44FNO6/c1-20(2)44-25-12-9-11-24(17-25)35(40)39-15-14-26-22(4)32(34(36(41)42)45-37(6,7)8)31(23(5)29(26)19-39)28-18-30(38)33-27(21(28)3)13-10-16-43-33/h9,11-12,17-18,20,34H,10,13-16,19H2,1-8H3,(H,41,42)/t34-/m1/s1. The molecule has 1 N–H and O–H groups in total. The zero-order valence-corrected chi connectivity index (χ0v) is 27.6. The molecule has 0 bridgehead atoms. The van der Waals surface area contributed by atoms with Crippen molar-refractivity contribution in [3.63, 3.8) is 0 Å². The average Bonchev–Trinajstić information content (AvgIpc) is 2.98. The van der Waals surface area contributed by atoms with Crippen molar-refractivity contribution in [2.45, 2.75) is 99.0 Å². The fraction of sp³-hybridized carbons (Fsp3) is 0.459. The molecule has 0 fully saturated rings. The van der Waals surface area contributed by atoms with Gasteiger partial charge in [-0.3, -0.25) is 4.79 Å². The van der Waals surface area contributed by atoms with Crippen molar-refractivity contribution in [3.05, 3.63) is 80.7 Å². The number of ether oxygens (including phenoxy) is 3. The fourth-order valence-electron chi connectivity index (χ4n) is 6.73. The van der Waals surface area contributed by atoms with Crippen LogP contribution in [0.2, 0.25) is 0 Å². The van der Waals surface area contributed by atoms with Crippen molar-refractivity contribution in [3.8, 4) is 22.6 Å². The summed E-state index contributed by atoms with van der Waals surface area (Å²) in [5.74, 6) is -0.763. The van der Waals surface area contributed by atoms with E-state index in [0.29, 0.717) is 60.5 Å². The van der Waals surface area contributed by atoms with Gasteiger partial charge in [-0.05, 0) is 138 Å². The highest BCUT2D eigenvalue weighted by atomic mass is 19.1. The van der Waals surface area contributed by atoms with Gasteiger partial charge in [-0.25, -0.2) is 9.18 Å². The van der Waals surface area contributed by atoms with Crippen molar-refractivity contribution in [1.82, 2.24) is 4.90 Å². The number of benzene rings is 3. The summed E-state index contributed by atoms with van der Waals surface area (Å²) in [6.45, 7) is 16.5. The van der Waals surface area contributed by atoms with Crippen LogP contribution in [-0.2, 0) is 28.9 Å². The molecule has 2 aliphatic heterocycles. The molecule has 0 unspecified atom stereocenters. The quantitative estimate of drug-likeness (QED) is 0.293. The predicted octanol–water partition coefficient (Wildman–Crippen LogP) is 7.67. The van der Waals surface area contributed by atoms with Gasteiger partial charge in [0, 0.05) is 29.8 Å². The molecule has 0 radical (unpaired) electrons. The average molecular weight is 618 g/mol. The second-order valence-corrected chi connectivity index (χ2v) is 13.4. The lowest BCUT2D eigenvalue weighted by molar-refractivity contribution is -0.160. The Balaban J connectivity index is 1.69. The second kappa shape index (κ2) is 12.5. The van der Waals surface area contributed by atoms with Crippen molar-refractivity contribution >= 4 is 11.9 Å². The zero-order chi connectivity index (χ0) is 32.8. The number of halogens is 1. The molecule has 1 amide bonds. The van der Waals surface area contributed by atoms with Crippen LogP contribution in [0.25, 0.3) is 11.1 Å². The highest BCUT2D eigenvalue weighted by Gasteiger charge is 2.36. The number of aliphatic carboxylic acids is 1. The molecule has 2 aliphatic rings. The summed E-state index contributed by atoms with van der Waals surface area (Å²) in [4.78, 5) is 28.5. The maximum atomic E-state index is 15.7. The number of amides is 1. The van der Waals surface area contributed by atoms with Crippen LogP contribution in [0.5, 0.6) is 11.5 Å². The van der Waals surface area contributed by atoms with E-state index in [-0.39, 0.29) is 17.8 Å². The minimum absolute atomic E-state index is 0.0178. The van der Waals surface area contributed by atoms with E-state index >= 15 is 4.39 Å². The number of nitrogens with zero attached hydrogens (tertiary/aromatic N) is 1. The maximum Gasteiger partial charge on any atom is 0.337 e. The van der Waals surface area contributed by atoms with E-state index in [2.05, 4.69) is 0 Å². The highest BCUT2D eigenvalue weighted by molar-refractivity contribution is 5.95. The summed E-state index contributed by atoms with van der Waals surface area (Å²) in [6, 6.07) is 8.70. The van der Waals surface area contributed by atoms with Crippen LogP contribution in [0, 0.1) is 26.6 Å². The van der Waals surface area contributed by atoms with E-state index in [0.717, 1.165) is 39.8 Å². The summed E-state index contributed by atoms with van der Waals surface area (Å²) < 4.78 is 33.4. The van der Waals surface area contributed by atoms with Crippen LogP contribution in [0.15, 0.2) is 30.3 Å². The van der Waals surface area contributed by atoms with E-state index in [9.17, 15) is 14.7 Å². The van der Waals surface area contributed by atoms with Crippen molar-refractivity contribution in [2.24, 2.45) is 0 Å². The van der Waals surface area contributed by atoms with E-state index in [1.54, 1.807) is 12.1 Å². The summed E-state index contributed by atoms with van der Waals surface area (Å²) in [5.41, 5.74) is 6.85. The monoisotopic (exact) mass is 617 g/mol. The summed E-state index contributed by atoms with van der Waals surface area (Å²) >= 11 is 0. The van der Waals surface area contributed by atoms with Crippen molar-refractivity contribution in [1.29, 1.82) is 0 Å². The molecule has 7 nitrogen and oxygen atoms in total. The first-order chi connectivity index (χ1) is 21.2. The molecule has 2 heterocycles. The molecule has 0 spiro atoms. The summed E-state index contributed by atoms with van der Waals surface area (Å²) in [6.07, 6.45) is 0.707. The molecule has 3 aromatic rings. The first kappa shape index (κ1) is 32.5. The Labute approximate surface area is 265 Å². The Bertz CT molecular complexity index is 1650. The molecule has 0 aliphatic carbocycles. The third-order valence-electron chi connectivity index (χ3n) is 8.70. The summed E-state index contributed by atoms with van der Waals surface area (Å²) in [7, 11) is 0. The third kappa shape index (κ3) is 6.43. The van der Waals surface area contributed by atoms with Crippen LogP contribution in [0.4, 0.5) is 4.39 Å². The Morgan fingerprint density at radius 2 is 1.73 bits per heavy atom. The lowest BCUT2D eigenvalue weighted by Crippen LogP contribution is -2.37. The summed E-state index contributed by atoms with van der Waals surface area (Å²) in [5, 5.41) is 10.5. The zero-order valence-electron chi connectivity index (χ0n) is 27.6. The molecule has 45 heavy (non-hydrogen) atoms. The molecule has 0 aromatic heterocycles. The van der Waals surface area contributed by atoms with Gasteiger partial charge in [-0.15, -0.1) is 0 Å². The Hall–Kier alpha value is -3.91. The molecule has 5 rings (SSSR count). The van der Waals surface area contributed by atoms with E-state index in [4.69, 9.17) is 14.2 Å². The number of carbonyl (C=O) groups is 2. The SMILES string of the molecule is Cc1c(-c2c(C)c3c(c(C)c2[C@@H](OC(C)(C)C)C(=O)O)CCN(C(=O)c2cccc(OC(C)C)c2)C3)cc(F)c2c1CCCO2. The molecule has 1 atom stereocenters. The molecular formula is C37H44FNO6. The van der Waals surface area contributed by atoms with Crippen molar-refractivity contribution < 1.29 is 33.3 Å². The van der Waals surface area contributed by atoms with Gasteiger partial charge in [0.2, 0.25) is 0 Å². The van der Waals surface area contributed by atoms with Gasteiger partial charge in [0.1, 0.15) is 5.75 Å². The van der Waals surface area contributed by atoms with Crippen LogP contribution >= 0.6 is 0 Å². The Kier molecular flexibility index (Phi) is 9.00. The number of carbonyl (C=O) groups excluding carboxylic acids is 1. The lowest BCUT2D eigenvalue weighted by atomic mass is 9.78. The van der Waals surface area contributed by atoms with Gasteiger partial charge in [-0.2, -0.15) is 0 Å². The van der Waals surface area contributed by atoms with Crippen LogP contribution < -0.4 is 9.47 Å². The van der Waals surface area contributed by atoms with Crippen molar-refractivity contribution in [2.75, 3.05) is 13.2 Å². The van der Waals surface area contributed by atoms with Crippen LogP contribution in [0.3, 0.4) is 0 Å². The topological polar surface area (TPSA) is 85.3 Å². The Morgan fingerprint density at radius 1 is 1.00 bits per heavy atom. The van der Waals surface area contributed by atoms with Gasteiger partial charge in [-0.1, -0.05) is 6.07 Å². The molecule has 0 saturated heterocycles. The van der Waals surface area contributed by atoms with Crippen LogP contribution in [0.1, 0.15) is 96.4 Å². The predicted molar refractivity (Wildman–Crippen MR) is 172 cm³/mol. The molecule has 3 aromatic carbocycles. The first-order valence-corrected chi connectivity index (χ1v) is 15.7.